The molecule has 0 aliphatic heterocycles. The van der Waals surface area contributed by atoms with Crippen molar-refractivity contribution in [3.8, 4) is 5.75 Å². The van der Waals surface area contributed by atoms with Gasteiger partial charge in [-0.05, 0) is 51.3 Å². The van der Waals surface area contributed by atoms with Crippen molar-refractivity contribution in [2.45, 2.75) is 59.5 Å². The number of rotatable bonds is 7. The molecule has 1 aromatic rings. The predicted molar refractivity (Wildman–Crippen MR) is 90.3 cm³/mol. The average Bonchev–Trinajstić information content (AvgIpc) is 2.34. The minimum Gasteiger partial charge on any atom is -0.493 e. The van der Waals surface area contributed by atoms with Crippen molar-refractivity contribution in [3.63, 3.8) is 0 Å². The van der Waals surface area contributed by atoms with Gasteiger partial charge in [0, 0.05) is 22.1 Å². The first-order valence-corrected chi connectivity index (χ1v) is 8.27. The molecule has 2 nitrogen and oxygen atoms in total. The highest BCUT2D eigenvalue weighted by molar-refractivity contribution is 9.10. The Morgan fingerprint density at radius 1 is 1.30 bits per heavy atom. The summed E-state index contributed by atoms with van der Waals surface area (Å²) in [7, 11) is 0. The topological polar surface area (TPSA) is 21.3 Å². The molecular formula is C17H28BrNO. The largest absolute Gasteiger partial charge is 0.493 e. The lowest BCUT2D eigenvalue weighted by atomic mass is 10.1. The molecule has 1 aromatic carbocycles. The Labute approximate surface area is 132 Å². The fourth-order valence-corrected chi connectivity index (χ4v) is 2.40. The van der Waals surface area contributed by atoms with E-state index in [1.807, 2.05) is 6.07 Å². The van der Waals surface area contributed by atoms with Gasteiger partial charge in [-0.3, -0.25) is 0 Å². The lowest BCUT2D eigenvalue weighted by Gasteiger charge is -2.22. The summed E-state index contributed by atoms with van der Waals surface area (Å²) >= 11 is 3.54. The molecule has 1 N–H and O–H groups in total. The maximum atomic E-state index is 6.01. The fourth-order valence-electron chi connectivity index (χ4n) is 2.00. The Hall–Kier alpha value is -0.540. The third-order valence-electron chi connectivity index (χ3n) is 3.14. The van der Waals surface area contributed by atoms with Gasteiger partial charge in [0.2, 0.25) is 0 Å². The molecule has 0 aliphatic carbocycles. The van der Waals surface area contributed by atoms with E-state index < -0.39 is 0 Å². The van der Waals surface area contributed by atoms with Crippen molar-refractivity contribution in [1.82, 2.24) is 5.32 Å². The van der Waals surface area contributed by atoms with E-state index in [4.69, 9.17) is 4.74 Å². The lowest BCUT2D eigenvalue weighted by molar-refractivity contribution is 0.248. The van der Waals surface area contributed by atoms with Crippen LogP contribution in [0.5, 0.6) is 5.75 Å². The molecule has 1 unspecified atom stereocenters. The van der Waals surface area contributed by atoms with Gasteiger partial charge in [0.1, 0.15) is 5.75 Å². The highest BCUT2D eigenvalue weighted by atomic mass is 79.9. The molecule has 0 bridgehead atoms. The molecular weight excluding hydrogens is 314 g/mol. The van der Waals surface area contributed by atoms with Crippen LogP contribution in [0, 0.1) is 5.92 Å². The summed E-state index contributed by atoms with van der Waals surface area (Å²) in [5.74, 6) is 1.60. The predicted octanol–water partition coefficient (Wildman–Crippen LogP) is 5.15. The monoisotopic (exact) mass is 341 g/mol. The summed E-state index contributed by atoms with van der Waals surface area (Å²) in [6.45, 7) is 12.6. The number of nitrogens with one attached hydrogen (secondary N) is 1. The molecule has 0 amide bonds. The van der Waals surface area contributed by atoms with Crippen LogP contribution in [0.2, 0.25) is 0 Å². The van der Waals surface area contributed by atoms with E-state index in [9.17, 15) is 0 Å². The zero-order chi connectivity index (χ0) is 15.2. The minimum absolute atomic E-state index is 0.106. The van der Waals surface area contributed by atoms with E-state index in [0.29, 0.717) is 5.92 Å². The Bertz CT molecular complexity index is 412. The van der Waals surface area contributed by atoms with Crippen LogP contribution in [-0.2, 0) is 6.54 Å². The third kappa shape index (κ3) is 6.76. The van der Waals surface area contributed by atoms with Crippen molar-refractivity contribution >= 4 is 15.9 Å². The number of halogens is 1. The molecule has 0 fully saturated rings. The number of hydrogen-bond acceptors (Lipinski definition) is 2. The molecule has 0 aromatic heterocycles. The lowest BCUT2D eigenvalue weighted by Crippen LogP contribution is -2.35. The summed E-state index contributed by atoms with van der Waals surface area (Å²) in [6.07, 6.45) is 2.43. The molecule has 0 aliphatic rings. The standard InChI is InChI=1S/C17H28BrNO/c1-6-7-13(2)12-20-16-9-8-15(18)10-14(16)11-19-17(3,4)5/h8-10,13,19H,6-7,11-12H2,1-5H3. The van der Waals surface area contributed by atoms with E-state index in [-0.39, 0.29) is 5.54 Å². The maximum Gasteiger partial charge on any atom is 0.123 e. The molecule has 0 heterocycles. The van der Waals surface area contributed by atoms with Crippen LogP contribution in [0.1, 0.15) is 53.0 Å². The molecule has 0 saturated heterocycles. The van der Waals surface area contributed by atoms with Crippen LogP contribution < -0.4 is 10.1 Å². The van der Waals surface area contributed by atoms with Gasteiger partial charge < -0.3 is 10.1 Å². The molecule has 0 saturated carbocycles. The first kappa shape index (κ1) is 17.5. The maximum absolute atomic E-state index is 6.01. The zero-order valence-electron chi connectivity index (χ0n) is 13.4. The van der Waals surface area contributed by atoms with Crippen molar-refractivity contribution in [2.24, 2.45) is 5.92 Å². The smallest absolute Gasteiger partial charge is 0.123 e. The zero-order valence-corrected chi connectivity index (χ0v) is 15.0. The fraction of sp³-hybridized carbons (Fsp3) is 0.647. The van der Waals surface area contributed by atoms with Crippen LogP contribution in [-0.4, -0.2) is 12.1 Å². The van der Waals surface area contributed by atoms with Gasteiger partial charge in [-0.25, -0.2) is 0 Å². The summed E-state index contributed by atoms with van der Waals surface area (Å²) in [4.78, 5) is 0. The molecule has 20 heavy (non-hydrogen) atoms. The van der Waals surface area contributed by atoms with Crippen LogP contribution in [0.3, 0.4) is 0 Å². The first-order chi connectivity index (χ1) is 9.31. The van der Waals surface area contributed by atoms with Crippen molar-refractivity contribution in [2.75, 3.05) is 6.61 Å². The summed E-state index contributed by atoms with van der Waals surface area (Å²) < 4.78 is 7.11. The quantitative estimate of drug-likeness (QED) is 0.740. The van der Waals surface area contributed by atoms with E-state index in [1.165, 1.54) is 18.4 Å². The highest BCUT2D eigenvalue weighted by Gasteiger charge is 2.12. The number of benzene rings is 1. The van der Waals surface area contributed by atoms with Gasteiger partial charge in [-0.1, -0.05) is 36.2 Å². The summed E-state index contributed by atoms with van der Waals surface area (Å²) in [6, 6.07) is 6.24. The molecule has 1 rings (SSSR count). The average molecular weight is 342 g/mol. The van der Waals surface area contributed by atoms with Gasteiger partial charge in [0.25, 0.3) is 0 Å². The van der Waals surface area contributed by atoms with Gasteiger partial charge >= 0.3 is 0 Å². The van der Waals surface area contributed by atoms with Crippen LogP contribution in [0.25, 0.3) is 0 Å². The molecule has 0 radical (unpaired) electrons. The normalized spacial score (nSPS) is 13.3. The Balaban J connectivity index is 2.69. The number of ether oxygens (including phenoxy) is 1. The van der Waals surface area contributed by atoms with Crippen molar-refractivity contribution in [1.29, 1.82) is 0 Å². The van der Waals surface area contributed by atoms with Crippen LogP contribution >= 0.6 is 15.9 Å². The Morgan fingerprint density at radius 2 is 2.00 bits per heavy atom. The minimum atomic E-state index is 0.106. The second-order valence-corrected chi connectivity index (χ2v) is 7.48. The van der Waals surface area contributed by atoms with Crippen molar-refractivity contribution in [3.05, 3.63) is 28.2 Å². The molecule has 3 heteroatoms. The van der Waals surface area contributed by atoms with Gasteiger partial charge in [-0.2, -0.15) is 0 Å². The third-order valence-corrected chi connectivity index (χ3v) is 3.63. The molecule has 1 atom stereocenters. The molecule has 0 spiro atoms. The van der Waals surface area contributed by atoms with E-state index in [2.05, 4.69) is 68.0 Å². The van der Waals surface area contributed by atoms with E-state index in [1.54, 1.807) is 0 Å². The second-order valence-electron chi connectivity index (χ2n) is 6.56. The van der Waals surface area contributed by atoms with Gasteiger partial charge in [0.15, 0.2) is 0 Å². The second kappa shape index (κ2) is 8.04. The highest BCUT2D eigenvalue weighted by Crippen LogP contribution is 2.24. The SMILES string of the molecule is CCCC(C)COc1ccc(Br)cc1CNC(C)(C)C. The summed E-state index contributed by atoms with van der Waals surface area (Å²) in [5, 5.41) is 3.52. The van der Waals surface area contributed by atoms with Gasteiger partial charge in [0.05, 0.1) is 6.61 Å². The van der Waals surface area contributed by atoms with E-state index >= 15 is 0 Å². The van der Waals surface area contributed by atoms with E-state index in [0.717, 1.165) is 23.4 Å². The Morgan fingerprint density at radius 3 is 2.60 bits per heavy atom. The first-order valence-electron chi connectivity index (χ1n) is 7.48. The number of hydrogen-bond donors (Lipinski definition) is 1. The van der Waals surface area contributed by atoms with Gasteiger partial charge in [-0.15, -0.1) is 0 Å². The van der Waals surface area contributed by atoms with Crippen LogP contribution in [0.4, 0.5) is 0 Å². The summed E-state index contributed by atoms with van der Waals surface area (Å²) in [5.41, 5.74) is 1.31. The van der Waals surface area contributed by atoms with Crippen LogP contribution in [0.15, 0.2) is 22.7 Å². The van der Waals surface area contributed by atoms with Crippen molar-refractivity contribution < 1.29 is 4.74 Å². The molecule has 114 valence electrons. The Kier molecular flexibility index (Phi) is 7.04.